The number of nitrogens with two attached hydrogens (primary N) is 1. The molecule has 0 aliphatic heterocycles. The Morgan fingerprint density at radius 1 is 1.03 bits per heavy atom. The highest BCUT2D eigenvalue weighted by Crippen LogP contribution is 2.35. The Kier molecular flexibility index (Phi) is 7.06. The minimum absolute atomic E-state index is 0.0239. The summed E-state index contributed by atoms with van der Waals surface area (Å²) in [6, 6.07) is 19.0. The van der Waals surface area contributed by atoms with Gasteiger partial charge in [-0.05, 0) is 29.8 Å². The van der Waals surface area contributed by atoms with Gasteiger partial charge >= 0.3 is 5.97 Å². The molecule has 0 bridgehead atoms. The number of anilines is 2. The SMILES string of the molecule is N#Cc1c(N)nc(SCCC(=O)Nc2ccc(C(=O)O)cc2)c(C#N)c1-c1ccccc1. The predicted octanol–water partition coefficient (Wildman–Crippen LogP) is 3.89. The number of hydrogen-bond donors (Lipinski definition) is 3. The highest BCUT2D eigenvalue weighted by molar-refractivity contribution is 7.99. The molecule has 0 atom stereocenters. The lowest BCUT2D eigenvalue weighted by molar-refractivity contribution is -0.115. The van der Waals surface area contributed by atoms with E-state index in [1.54, 1.807) is 24.3 Å². The number of carboxylic acids is 1. The lowest BCUT2D eigenvalue weighted by Gasteiger charge is -2.13. The van der Waals surface area contributed by atoms with E-state index in [0.29, 0.717) is 27.6 Å². The van der Waals surface area contributed by atoms with E-state index in [-0.39, 0.29) is 34.8 Å². The van der Waals surface area contributed by atoms with Crippen LogP contribution in [0.1, 0.15) is 27.9 Å². The van der Waals surface area contributed by atoms with Crippen LogP contribution in [0.5, 0.6) is 0 Å². The predicted molar refractivity (Wildman–Crippen MR) is 121 cm³/mol. The molecule has 9 heteroatoms. The number of pyridine rings is 1. The normalized spacial score (nSPS) is 10.1. The first-order valence-electron chi connectivity index (χ1n) is 9.39. The van der Waals surface area contributed by atoms with Crippen LogP contribution in [0.2, 0.25) is 0 Å². The van der Waals surface area contributed by atoms with Crippen molar-refractivity contribution in [3.05, 3.63) is 71.3 Å². The Balaban J connectivity index is 1.74. The van der Waals surface area contributed by atoms with E-state index in [4.69, 9.17) is 10.8 Å². The molecule has 3 rings (SSSR count). The van der Waals surface area contributed by atoms with E-state index in [2.05, 4.69) is 16.4 Å². The van der Waals surface area contributed by atoms with Crippen LogP contribution in [0.25, 0.3) is 11.1 Å². The van der Waals surface area contributed by atoms with Crippen molar-refractivity contribution < 1.29 is 14.7 Å². The maximum Gasteiger partial charge on any atom is 0.335 e. The average Bonchev–Trinajstić information content (AvgIpc) is 2.79. The van der Waals surface area contributed by atoms with Crippen LogP contribution < -0.4 is 11.1 Å². The Bertz CT molecular complexity index is 1250. The number of nitriles is 2. The van der Waals surface area contributed by atoms with E-state index < -0.39 is 5.97 Å². The largest absolute Gasteiger partial charge is 0.478 e. The Morgan fingerprint density at radius 3 is 2.28 bits per heavy atom. The van der Waals surface area contributed by atoms with Crippen LogP contribution in [-0.2, 0) is 4.79 Å². The molecule has 1 heterocycles. The molecule has 0 saturated carbocycles. The summed E-state index contributed by atoms with van der Waals surface area (Å²) in [7, 11) is 0. The molecule has 0 aliphatic rings. The Morgan fingerprint density at radius 2 is 1.69 bits per heavy atom. The first-order valence-corrected chi connectivity index (χ1v) is 10.4. The van der Waals surface area contributed by atoms with E-state index in [1.807, 2.05) is 12.1 Å². The van der Waals surface area contributed by atoms with Crippen LogP contribution in [0, 0.1) is 22.7 Å². The molecule has 1 aromatic heterocycles. The van der Waals surface area contributed by atoms with Crippen molar-refractivity contribution in [2.45, 2.75) is 11.4 Å². The monoisotopic (exact) mass is 443 g/mol. The van der Waals surface area contributed by atoms with Gasteiger partial charge in [-0.3, -0.25) is 4.79 Å². The molecule has 0 fully saturated rings. The fraction of sp³-hybridized carbons (Fsp3) is 0.0870. The van der Waals surface area contributed by atoms with Crippen molar-refractivity contribution in [2.24, 2.45) is 0 Å². The summed E-state index contributed by atoms with van der Waals surface area (Å²) < 4.78 is 0. The first kappa shape index (κ1) is 22.3. The molecule has 8 nitrogen and oxygen atoms in total. The van der Waals surface area contributed by atoms with Crippen molar-refractivity contribution in [3.63, 3.8) is 0 Å². The van der Waals surface area contributed by atoms with Gasteiger partial charge in [0.25, 0.3) is 0 Å². The molecule has 0 aliphatic carbocycles. The molecular formula is C23H17N5O3S. The molecule has 0 unspecified atom stereocenters. The lowest BCUT2D eigenvalue weighted by Crippen LogP contribution is -2.12. The van der Waals surface area contributed by atoms with Crippen molar-refractivity contribution in [2.75, 3.05) is 16.8 Å². The summed E-state index contributed by atoms with van der Waals surface area (Å²) in [4.78, 5) is 27.4. The van der Waals surface area contributed by atoms with Gasteiger partial charge in [-0.2, -0.15) is 10.5 Å². The van der Waals surface area contributed by atoms with Gasteiger partial charge in [0.1, 0.15) is 28.5 Å². The van der Waals surface area contributed by atoms with Crippen LogP contribution >= 0.6 is 11.8 Å². The van der Waals surface area contributed by atoms with Crippen molar-refractivity contribution in [3.8, 4) is 23.3 Å². The van der Waals surface area contributed by atoms with Crippen molar-refractivity contribution in [1.82, 2.24) is 4.98 Å². The summed E-state index contributed by atoms with van der Waals surface area (Å²) in [6.07, 6.45) is 0.123. The molecule has 32 heavy (non-hydrogen) atoms. The number of nitrogens with zero attached hydrogens (tertiary/aromatic N) is 3. The second kappa shape index (κ2) is 10.1. The molecule has 2 aromatic carbocycles. The van der Waals surface area contributed by atoms with Gasteiger partial charge < -0.3 is 16.2 Å². The average molecular weight is 443 g/mol. The third-order valence-electron chi connectivity index (χ3n) is 4.46. The molecule has 3 aromatic rings. The number of aromatic nitrogens is 1. The fourth-order valence-corrected chi connectivity index (χ4v) is 3.89. The minimum atomic E-state index is -1.04. The quantitative estimate of drug-likeness (QED) is 0.465. The zero-order valence-corrected chi connectivity index (χ0v) is 17.5. The van der Waals surface area contributed by atoms with Crippen LogP contribution in [-0.4, -0.2) is 27.7 Å². The van der Waals surface area contributed by atoms with E-state index in [9.17, 15) is 20.1 Å². The number of rotatable bonds is 7. The second-order valence-electron chi connectivity index (χ2n) is 6.55. The van der Waals surface area contributed by atoms with Crippen LogP contribution in [0.3, 0.4) is 0 Å². The highest BCUT2D eigenvalue weighted by Gasteiger charge is 2.20. The maximum atomic E-state index is 12.2. The van der Waals surface area contributed by atoms with Gasteiger partial charge in [0.2, 0.25) is 5.91 Å². The Labute approximate surface area is 188 Å². The number of carboxylic acid groups (broad SMARTS) is 1. The lowest BCUT2D eigenvalue weighted by atomic mass is 9.97. The number of aromatic carboxylic acids is 1. The van der Waals surface area contributed by atoms with E-state index in [1.165, 1.54) is 36.0 Å². The summed E-state index contributed by atoms with van der Waals surface area (Å²) in [5.74, 6) is -0.975. The molecule has 158 valence electrons. The van der Waals surface area contributed by atoms with Gasteiger partial charge in [0, 0.05) is 23.4 Å². The van der Waals surface area contributed by atoms with Gasteiger partial charge in [-0.25, -0.2) is 9.78 Å². The number of carbonyl (C=O) groups is 2. The number of thioether (sulfide) groups is 1. The number of carbonyl (C=O) groups excluding carboxylic acids is 1. The maximum absolute atomic E-state index is 12.2. The summed E-state index contributed by atoms with van der Waals surface area (Å²) >= 11 is 1.20. The molecule has 0 saturated heterocycles. The summed E-state index contributed by atoms with van der Waals surface area (Å²) in [6.45, 7) is 0. The topological polar surface area (TPSA) is 153 Å². The fourth-order valence-electron chi connectivity index (χ4n) is 2.96. The molecule has 0 spiro atoms. The van der Waals surface area contributed by atoms with E-state index in [0.717, 1.165) is 0 Å². The number of nitrogens with one attached hydrogen (secondary N) is 1. The van der Waals surface area contributed by atoms with Crippen LogP contribution in [0.15, 0.2) is 59.6 Å². The third-order valence-corrected chi connectivity index (χ3v) is 5.44. The first-order chi connectivity index (χ1) is 15.4. The number of hydrogen-bond acceptors (Lipinski definition) is 7. The smallest absolute Gasteiger partial charge is 0.335 e. The third kappa shape index (κ3) is 5.04. The van der Waals surface area contributed by atoms with E-state index >= 15 is 0 Å². The molecular weight excluding hydrogens is 426 g/mol. The van der Waals surface area contributed by atoms with Crippen molar-refractivity contribution in [1.29, 1.82) is 10.5 Å². The second-order valence-corrected chi connectivity index (χ2v) is 7.63. The minimum Gasteiger partial charge on any atom is -0.478 e. The summed E-state index contributed by atoms with van der Waals surface area (Å²) in [5.41, 5.74) is 8.07. The molecule has 0 radical (unpaired) electrons. The van der Waals surface area contributed by atoms with Gasteiger partial charge in [0.15, 0.2) is 0 Å². The highest BCUT2D eigenvalue weighted by atomic mass is 32.2. The summed E-state index contributed by atoms with van der Waals surface area (Å²) in [5, 5.41) is 31.3. The number of amides is 1. The van der Waals surface area contributed by atoms with Crippen molar-refractivity contribution >= 4 is 35.1 Å². The number of benzene rings is 2. The molecule has 1 amide bonds. The zero-order chi connectivity index (χ0) is 23.1. The van der Waals surface area contributed by atoms with Gasteiger partial charge in [0.05, 0.1) is 11.1 Å². The number of nitrogen functional groups attached to an aromatic ring is 1. The molecule has 4 N–H and O–H groups in total. The standard InChI is InChI=1S/C23H17N5O3S/c24-12-17-20(14-4-2-1-3-5-14)18(13-25)22(28-21(17)26)32-11-10-19(29)27-16-8-6-15(7-9-16)23(30)31/h1-9H,10-11H2,(H2,26,28)(H,27,29)(H,30,31). The van der Waals surface area contributed by atoms with Gasteiger partial charge in [-0.1, -0.05) is 30.3 Å². The zero-order valence-electron chi connectivity index (χ0n) is 16.7. The van der Waals surface area contributed by atoms with Gasteiger partial charge in [-0.15, -0.1) is 11.8 Å². The van der Waals surface area contributed by atoms with Crippen LogP contribution in [0.4, 0.5) is 11.5 Å². The Hall–Kier alpha value is -4.34.